The van der Waals surface area contributed by atoms with Crippen LogP contribution >= 0.6 is 0 Å². The lowest BCUT2D eigenvalue weighted by Gasteiger charge is -2.44. The fourth-order valence-corrected chi connectivity index (χ4v) is 2.98. The van der Waals surface area contributed by atoms with Crippen molar-refractivity contribution < 1.29 is 47.7 Å². The molecule has 0 saturated carbocycles. The van der Waals surface area contributed by atoms with Crippen LogP contribution in [0.5, 0.6) is 0 Å². The molecule has 0 aromatic heterocycles. The van der Waals surface area contributed by atoms with Gasteiger partial charge in [0.05, 0.1) is 0 Å². The van der Waals surface area contributed by atoms with E-state index < -0.39 is 54.6 Å². The second-order valence-corrected chi connectivity index (χ2v) is 6.79. The van der Waals surface area contributed by atoms with E-state index in [1.54, 1.807) is 12.4 Å². The fourth-order valence-electron chi connectivity index (χ4n) is 2.98. The molecule has 1 fully saturated rings. The first kappa shape index (κ1) is 23.4. The molecule has 0 spiro atoms. The van der Waals surface area contributed by atoms with Crippen molar-refractivity contribution in [2.24, 2.45) is 0 Å². The molecular formula is C18H26N2O10. The van der Waals surface area contributed by atoms with Crippen LogP contribution < -0.4 is 0 Å². The van der Waals surface area contributed by atoms with Crippen molar-refractivity contribution in [3.8, 4) is 0 Å². The standard InChI is InChI=1S/C18H26N2O10/c1-10(21)25-8-14-15(26-11(2)22)16(27-12(3)23)17(28-13(4)24)18(29-14)30-20-7-6-19(5)9-20/h6-7,14-18H,8-9H2,1-5H3/t14-,15-,16+,17-,18+/m1/s1. The van der Waals surface area contributed by atoms with E-state index in [1.807, 2.05) is 11.9 Å². The van der Waals surface area contributed by atoms with Crippen LogP contribution in [0.4, 0.5) is 0 Å². The maximum absolute atomic E-state index is 11.7. The normalized spacial score (nSPS) is 28.1. The highest BCUT2D eigenvalue weighted by molar-refractivity contribution is 5.68. The number of carbonyl (C=O) groups is 4. The van der Waals surface area contributed by atoms with Crippen LogP contribution in [0, 0.1) is 0 Å². The monoisotopic (exact) mass is 430 g/mol. The summed E-state index contributed by atoms with van der Waals surface area (Å²) < 4.78 is 26.8. The molecule has 168 valence electrons. The second-order valence-electron chi connectivity index (χ2n) is 6.79. The Hall–Kier alpha value is -2.86. The third-order valence-electron chi connectivity index (χ3n) is 4.04. The summed E-state index contributed by atoms with van der Waals surface area (Å²) in [5.74, 6) is -2.68. The van der Waals surface area contributed by atoms with Crippen molar-refractivity contribution in [1.29, 1.82) is 0 Å². The van der Waals surface area contributed by atoms with Crippen LogP contribution in [0.1, 0.15) is 27.7 Å². The molecule has 1 saturated heterocycles. The Morgan fingerprint density at radius 1 is 0.867 bits per heavy atom. The Morgan fingerprint density at radius 2 is 1.43 bits per heavy atom. The lowest BCUT2D eigenvalue weighted by molar-refractivity contribution is -0.354. The smallest absolute Gasteiger partial charge is 0.303 e. The summed E-state index contributed by atoms with van der Waals surface area (Å²) in [6.45, 7) is 4.72. The van der Waals surface area contributed by atoms with Gasteiger partial charge in [-0.05, 0) is 0 Å². The van der Waals surface area contributed by atoms with E-state index in [4.69, 9.17) is 28.5 Å². The summed E-state index contributed by atoms with van der Waals surface area (Å²) >= 11 is 0. The molecule has 0 aromatic carbocycles. The molecule has 30 heavy (non-hydrogen) atoms. The molecule has 0 N–H and O–H groups in total. The van der Waals surface area contributed by atoms with Crippen molar-refractivity contribution in [3.05, 3.63) is 12.4 Å². The number of carbonyl (C=O) groups excluding carboxylic acids is 4. The molecule has 0 aliphatic carbocycles. The van der Waals surface area contributed by atoms with E-state index in [-0.39, 0.29) is 6.61 Å². The lowest BCUT2D eigenvalue weighted by Crippen LogP contribution is -2.63. The number of hydroxylamine groups is 2. The largest absolute Gasteiger partial charge is 0.463 e. The number of hydrogen-bond donors (Lipinski definition) is 0. The summed E-state index contributed by atoms with van der Waals surface area (Å²) in [6.07, 6.45) is -2.68. The molecule has 0 bridgehead atoms. The van der Waals surface area contributed by atoms with Gasteiger partial charge in [-0.25, -0.2) is 9.90 Å². The van der Waals surface area contributed by atoms with Crippen molar-refractivity contribution >= 4 is 23.9 Å². The summed E-state index contributed by atoms with van der Waals surface area (Å²) in [5.41, 5.74) is 0. The SMILES string of the molecule is CC(=O)OC[C@H]1O[C@@H](ON2C=CN(C)C2)[C@H](OC(C)=O)[C@@H](OC(C)=O)[C@@H]1OC(C)=O. The van der Waals surface area contributed by atoms with E-state index in [2.05, 4.69) is 0 Å². The highest BCUT2D eigenvalue weighted by Crippen LogP contribution is 2.30. The summed E-state index contributed by atoms with van der Waals surface area (Å²) in [4.78, 5) is 54.0. The highest BCUT2D eigenvalue weighted by Gasteiger charge is 2.53. The minimum absolute atomic E-state index is 0.312. The maximum atomic E-state index is 11.7. The van der Waals surface area contributed by atoms with Crippen LogP contribution in [-0.2, 0) is 47.7 Å². The van der Waals surface area contributed by atoms with E-state index in [0.717, 1.165) is 20.8 Å². The molecule has 12 nitrogen and oxygen atoms in total. The zero-order valence-corrected chi connectivity index (χ0v) is 17.4. The molecule has 0 radical (unpaired) electrons. The fraction of sp³-hybridized carbons (Fsp3) is 0.667. The van der Waals surface area contributed by atoms with Gasteiger partial charge in [0.1, 0.15) is 19.4 Å². The number of esters is 4. The zero-order valence-electron chi connectivity index (χ0n) is 17.4. The Morgan fingerprint density at radius 3 is 1.93 bits per heavy atom. The number of ether oxygens (including phenoxy) is 5. The van der Waals surface area contributed by atoms with Gasteiger partial charge < -0.3 is 28.6 Å². The first-order valence-electron chi connectivity index (χ1n) is 9.19. The predicted molar refractivity (Wildman–Crippen MR) is 96.7 cm³/mol. The second kappa shape index (κ2) is 10.3. The van der Waals surface area contributed by atoms with E-state index in [1.165, 1.54) is 12.0 Å². The lowest BCUT2D eigenvalue weighted by atomic mass is 9.98. The summed E-state index contributed by atoms with van der Waals surface area (Å²) in [6, 6.07) is 0. The molecule has 2 heterocycles. The average molecular weight is 430 g/mol. The molecule has 12 heteroatoms. The van der Waals surface area contributed by atoms with Gasteiger partial charge in [-0.3, -0.25) is 19.2 Å². The van der Waals surface area contributed by atoms with E-state index in [9.17, 15) is 19.2 Å². The summed E-state index contributed by atoms with van der Waals surface area (Å²) in [5, 5.41) is 1.42. The van der Waals surface area contributed by atoms with E-state index >= 15 is 0 Å². The van der Waals surface area contributed by atoms with Gasteiger partial charge >= 0.3 is 23.9 Å². The van der Waals surface area contributed by atoms with Gasteiger partial charge in [0, 0.05) is 47.1 Å². The molecule has 0 amide bonds. The van der Waals surface area contributed by atoms with Gasteiger partial charge in [0.15, 0.2) is 18.3 Å². The quantitative estimate of drug-likeness (QED) is 0.387. The Labute approximate surface area is 173 Å². The van der Waals surface area contributed by atoms with Crippen molar-refractivity contribution in [1.82, 2.24) is 9.96 Å². The Kier molecular flexibility index (Phi) is 8.00. The van der Waals surface area contributed by atoms with Crippen LogP contribution in [0.3, 0.4) is 0 Å². The molecular weight excluding hydrogens is 404 g/mol. The molecule has 0 aromatic rings. The first-order chi connectivity index (χ1) is 14.1. The molecule has 2 aliphatic heterocycles. The maximum Gasteiger partial charge on any atom is 0.303 e. The third kappa shape index (κ3) is 6.59. The molecule has 2 aliphatic rings. The molecule has 0 unspecified atom stereocenters. The Bertz CT molecular complexity index is 696. The average Bonchev–Trinajstić information content (AvgIpc) is 3.02. The third-order valence-corrected chi connectivity index (χ3v) is 4.04. The minimum Gasteiger partial charge on any atom is -0.463 e. The number of hydrogen-bond acceptors (Lipinski definition) is 12. The van der Waals surface area contributed by atoms with Gasteiger partial charge in [-0.2, -0.15) is 0 Å². The van der Waals surface area contributed by atoms with Crippen LogP contribution in [0.25, 0.3) is 0 Å². The first-order valence-corrected chi connectivity index (χ1v) is 9.19. The van der Waals surface area contributed by atoms with E-state index in [0.29, 0.717) is 6.67 Å². The van der Waals surface area contributed by atoms with Crippen molar-refractivity contribution in [3.63, 3.8) is 0 Å². The van der Waals surface area contributed by atoms with Crippen LogP contribution in [0.2, 0.25) is 0 Å². The summed E-state index contributed by atoms with van der Waals surface area (Å²) in [7, 11) is 1.81. The highest BCUT2D eigenvalue weighted by atomic mass is 16.8. The van der Waals surface area contributed by atoms with Gasteiger partial charge in [-0.1, -0.05) is 0 Å². The predicted octanol–water partition coefficient (Wildman–Crippen LogP) is -0.323. The topological polar surface area (TPSA) is 130 Å². The zero-order chi connectivity index (χ0) is 22.4. The van der Waals surface area contributed by atoms with Crippen molar-refractivity contribution in [2.45, 2.75) is 58.4 Å². The van der Waals surface area contributed by atoms with Crippen LogP contribution in [-0.4, -0.2) is 84.9 Å². The van der Waals surface area contributed by atoms with Gasteiger partial charge in [0.25, 0.3) is 0 Å². The minimum atomic E-state index is -1.26. The van der Waals surface area contributed by atoms with Crippen LogP contribution in [0.15, 0.2) is 12.4 Å². The number of rotatable bonds is 7. The Balaban J connectivity index is 2.36. The van der Waals surface area contributed by atoms with Gasteiger partial charge in [-0.15, -0.1) is 0 Å². The molecule has 5 atom stereocenters. The van der Waals surface area contributed by atoms with Crippen molar-refractivity contribution in [2.75, 3.05) is 20.3 Å². The number of nitrogens with zero attached hydrogens (tertiary/aromatic N) is 2. The van der Waals surface area contributed by atoms with Gasteiger partial charge in [0.2, 0.25) is 6.29 Å². The molecule has 2 rings (SSSR count).